The SMILES string of the molecule is COc1cc2c(cc1OC)C(Cc1ccc3ccccc3c1)N(C)CC2.Cl. The fourth-order valence-electron chi connectivity index (χ4n) is 4.01. The molecule has 0 spiro atoms. The molecule has 0 amide bonds. The maximum Gasteiger partial charge on any atom is 0.161 e. The Morgan fingerprint density at radius 2 is 1.63 bits per heavy atom. The molecule has 27 heavy (non-hydrogen) atoms. The standard InChI is InChI=1S/C23H25NO2.ClH/c1-24-11-10-19-14-22(25-2)23(26-3)15-20(19)21(24)13-16-8-9-17-6-4-5-7-18(17)12-16;/h4-9,12,14-15,21H,10-11,13H2,1-3H3;1H. The lowest BCUT2D eigenvalue weighted by Crippen LogP contribution is -2.33. The van der Waals surface area contributed by atoms with E-state index < -0.39 is 0 Å². The Morgan fingerprint density at radius 1 is 0.926 bits per heavy atom. The molecule has 142 valence electrons. The van der Waals surface area contributed by atoms with E-state index in [0.717, 1.165) is 30.9 Å². The van der Waals surface area contributed by atoms with E-state index in [4.69, 9.17) is 9.47 Å². The van der Waals surface area contributed by atoms with Gasteiger partial charge in [0.2, 0.25) is 0 Å². The van der Waals surface area contributed by atoms with Gasteiger partial charge in [-0.15, -0.1) is 12.4 Å². The minimum Gasteiger partial charge on any atom is -0.493 e. The fraction of sp³-hybridized carbons (Fsp3) is 0.304. The minimum atomic E-state index is 0. The van der Waals surface area contributed by atoms with Gasteiger partial charge in [-0.3, -0.25) is 4.90 Å². The van der Waals surface area contributed by atoms with E-state index >= 15 is 0 Å². The first-order chi connectivity index (χ1) is 12.7. The third-order valence-electron chi connectivity index (χ3n) is 5.51. The van der Waals surface area contributed by atoms with Crippen LogP contribution in [0.1, 0.15) is 22.7 Å². The summed E-state index contributed by atoms with van der Waals surface area (Å²) in [6, 6.07) is 20.0. The summed E-state index contributed by atoms with van der Waals surface area (Å²) in [5.74, 6) is 1.63. The van der Waals surface area contributed by atoms with Crippen molar-refractivity contribution < 1.29 is 9.47 Å². The van der Waals surface area contributed by atoms with Gasteiger partial charge in [0.15, 0.2) is 11.5 Å². The molecular formula is C23H26ClNO2. The van der Waals surface area contributed by atoms with Crippen LogP contribution in [0.4, 0.5) is 0 Å². The molecular weight excluding hydrogens is 358 g/mol. The molecule has 3 nitrogen and oxygen atoms in total. The van der Waals surface area contributed by atoms with Crippen LogP contribution in [-0.2, 0) is 12.8 Å². The lowest BCUT2D eigenvalue weighted by Gasteiger charge is -2.35. The van der Waals surface area contributed by atoms with Crippen LogP contribution >= 0.6 is 12.4 Å². The molecule has 0 fully saturated rings. The van der Waals surface area contributed by atoms with Crippen molar-refractivity contribution in [1.82, 2.24) is 4.90 Å². The van der Waals surface area contributed by atoms with E-state index in [-0.39, 0.29) is 12.4 Å². The highest BCUT2D eigenvalue weighted by atomic mass is 35.5. The summed E-state index contributed by atoms with van der Waals surface area (Å²) in [6.45, 7) is 1.06. The summed E-state index contributed by atoms with van der Waals surface area (Å²) in [5, 5.41) is 2.59. The lowest BCUT2D eigenvalue weighted by atomic mass is 9.88. The highest BCUT2D eigenvalue weighted by molar-refractivity contribution is 5.85. The summed E-state index contributed by atoms with van der Waals surface area (Å²) in [7, 11) is 5.62. The van der Waals surface area contributed by atoms with Crippen LogP contribution in [0.25, 0.3) is 10.8 Å². The smallest absolute Gasteiger partial charge is 0.161 e. The van der Waals surface area contributed by atoms with E-state index in [1.807, 2.05) is 0 Å². The van der Waals surface area contributed by atoms with Crippen LogP contribution in [0.3, 0.4) is 0 Å². The summed E-state index contributed by atoms with van der Waals surface area (Å²) in [5.41, 5.74) is 4.08. The molecule has 1 atom stereocenters. The zero-order valence-electron chi connectivity index (χ0n) is 16.1. The molecule has 1 aliphatic rings. The Bertz CT molecular complexity index is 941. The van der Waals surface area contributed by atoms with Crippen molar-refractivity contribution in [3.8, 4) is 11.5 Å². The predicted molar refractivity (Wildman–Crippen MR) is 114 cm³/mol. The number of likely N-dealkylation sites (N-methyl/N-ethyl adjacent to an activating group) is 1. The largest absolute Gasteiger partial charge is 0.493 e. The van der Waals surface area contributed by atoms with Crippen LogP contribution in [0.5, 0.6) is 11.5 Å². The zero-order valence-corrected chi connectivity index (χ0v) is 16.9. The van der Waals surface area contributed by atoms with Crippen molar-refractivity contribution in [2.45, 2.75) is 18.9 Å². The highest BCUT2D eigenvalue weighted by Crippen LogP contribution is 2.39. The summed E-state index contributed by atoms with van der Waals surface area (Å²) in [6.07, 6.45) is 2.03. The predicted octanol–water partition coefficient (Wildman–Crippen LogP) is 5.05. The topological polar surface area (TPSA) is 21.7 Å². The molecule has 0 bridgehead atoms. The number of benzene rings is 3. The first-order valence-corrected chi connectivity index (χ1v) is 9.12. The number of fused-ring (bicyclic) bond motifs is 2. The van der Waals surface area contributed by atoms with Gasteiger partial charge in [-0.1, -0.05) is 42.5 Å². The molecule has 1 unspecified atom stereocenters. The molecule has 0 aromatic heterocycles. The van der Waals surface area contributed by atoms with Crippen LogP contribution in [0.15, 0.2) is 54.6 Å². The normalized spacial score (nSPS) is 16.5. The molecule has 0 saturated carbocycles. The van der Waals surface area contributed by atoms with Gasteiger partial charge in [0, 0.05) is 12.6 Å². The zero-order chi connectivity index (χ0) is 18.1. The number of methoxy groups -OCH3 is 2. The second-order valence-electron chi connectivity index (χ2n) is 7.04. The van der Waals surface area contributed by atoms with E-state index in [1.165, 1.54) is 27.5 Å². The van der Waals surface area contributed by atoms with Gasteiger partial charge >= 0.3 is 0 Å². The third-order valence-corrected chi connectivity index (χ3v) is 5.51. The first kappa shape index (κ1) is 19.5. The third kappa shape index (κ3) is 3.76. The van der Waals surface area contributed by atoms with Gasteiger partial charge in [0.1, 0.15) is 0 Å². The van der Waals surface area contributed by atoms with Crippen molar-refractivity contribution in [2.24, 2.45) is 0 Å². The van der Waals surface area contributed by atoms with Crippen molar-refractivity contribution >= 4 is 23.2 Å². The average Bonchev–Trinajstić information content (AvgIpc) is 2.69. The van der Waals surface area contributed by atoms with Crippen molar-refractivity contribution in [3.05, 3.63) is 71.3 Å². The molecule has 4 rings (SSSR count). The van der Waals surface area contributed by atoms with Crippen molar-refractivity contribution in [3.63, 3.8) is 0 Å². The van der Waals surface area contributed by atoms with Crippen molar-refractivity contribution in [2.75, 3.05) is 27.8 Å². The van der Waals surface area contributed by atoms with Crippen LogP contribution in [0, 0.1) is 0 Å². The Labute approximate surface area is 167 Å². The second kappa shape index (κ2) is 8.20. The fourth-order valence-corrected chi connectivity index (χ4v) is 4.01. The van der Waals surface area contributed by atoms with Gasteiger partial charge in [-0.05, 0) is 59.5 Å². The molecule has 1 aliphatic heterocycles. The number of nitrogens with zero attached hydrogens (tertiary/aromatic N) is 1. The maximum atomic E-state index is 5.55. The number of rotatable bonds is 4. The van der Waals surface area contributed by atoms with Gasteiger partial charge in [0.25, 0.3) is 0 Å². The van der Waals surface area contributed by atoms with Crippen LogP contribution < -0.4 is 9.47 Å². The Morgan fingerprint density at radius 3 is 2.37 bits per heavy atom. The van der Waals surface area contributed by atoms with E-state index in [0.29, 0.717) is 6.04 Å². The lowest BCUT2D eigenvalue weighted by molar-refractivity contribution is 0.228. The molecule has 3 aromatic rings. The Kier molecular flexibility index (Phi) is 5.93. The van der Waals surface area contributed by atoms with Gasteiger partial charge in [0.05, 0.1) is 14.2 Å². The van der Waals surface area contributed by atoms with Gasteiger partial charge in [-0.25, -0.2) is 0 Å². The van der Waals surface area contributed by atoms with Gasteiger partial charge in [-0.2, -0.15) is 0 Å². The van der Waals surface area contributed by atoms with Crippen LogP contribution in [0.2, 0.25) is 0 Å². The van der Waals surface area contributed by atoms with E-state index in [1.54, 1.807) is 14.2 Å². The minimum absolute atomic E-state index is 0. The van der Waals surface area contributed by atoms with E-state index in [2.05, 4.69) is 66.5 Å². The second-order valence-corrected chi connectivity index (χ2v) is 7.04. The number of hydrogen-bond donors (Lipinski definition) is 0. The maximum absolute atomic E-state index is 5.55. The molecule has 4 heteroatoms. The van der Waals surface area contributed by atoms with Crippen LogP contribution in [-0.4, -0.2) is 32.7 Å². The number of halogens is 1. The monoisotopic (exact) mass is 383 g/mol. The molecule has 0 N–H and O–H groups in total. The number of ether oxygens (including phenoxy) is 2. The average molecular weight is 384 g/mol. The molecule has 0 aliphatic carbocycles. The number of hydrogen-bond acceptors (Lipinski definition) is 3. The quantitative estimate of drug-likeness (QED) is 0.629. The molecule has 3 aromatic carbocycles. The van der Waals surface area contributed by atoms with Gasteiger partial charge < -0.3 is 9.47 Å². The highest BCUT2D eigenvalue weighted by Gasteiger charge is 2.27. The molecule has 0 radical (unpaired) electrons. The van der Waals surface area contributed by atoms with E-state index in [9.17, 15) is 0 Å². The first-order valence-electron chi connectivity index (χ1n) is 9.12. The summed E-state index contributed by atoms with van der Waals surface area (Å²) < 4.78 is 11.0. The summed E-state index contributed by atoms with van der Waals surface area (Å²) in [4.78, 5) is 2.45. The molecule has 0 saturated heterocycles. The van der Waals surface area contributed by atoms with Crippen molar-refractivity contribution in [1.29, 1.82) is 0 Å². The summed E-state index contributed by atoms with van der Waals surface area (Å²) >= 11 is 0. The Balaban J connectivity index is 0.00000210. The molecule has 1 heterocycles. The Hall–Kier alpha value is -2.23.